The molecule has 0 radical (unpaired) electrons. The molecule has 0 amide bonds. The number of hydrogen-bond acceptors (Lipinski definition) is 7. The number of nitrogens with zero attached hydrogens (tertiary/aromatic N) is 1. The van der Waals surface area contributed by atoms with Crippen molar-refractivity contribution in [1.82, 2.24) is 4.98 Å². The topological polar surface area (TPSA) is 89.9 Å². The van der Waals surface area contributed by atoms with Gasteiger partial charge in [-0.05, 0) is 53.1 Å². The largest absolute Gasteiger partial charge is 0.508 e. The molecule has 0 fully saturated rings. The molecule has 9 heteroatoms. The molecule has 0 bridgehead atoms. The van der Waals surface area contributed by atoms with Crippen molar-refractivity contribution in [2.45, 2.75) is 19.1 Å². The van der Waals surface area contributed by atoms with Crippen LogP contribution in [-0.4, -0.2) is 30.3 Å². The Kier molecular flexibility index (Phi) is 8.94. The number of benzene rings is 3. The van der Waals surface area contributed by atoms with Gasteiger partial charge in [0.25, 0.3) is 0 Å². The van der Waals surface area contributed by atoms with Crippen molar-refractivity contribution in [1.29, 1.82) is 0 Å². The zero-order valence-corrected chi connectivity index (χ0v) is 22.3. The van der Waals surface area contributed by atoms with E-state index in [0.717, 1.165) is 11.3 Å². The Morgan fingerprint density at radius 1 is 0.947 bits per heavy atom. The molecule has 4 aromatic rings. The maximum Gasteiger partial charge on any atom is 0.338 e. The van der Waals surface area contributed by atoms with Gasteiger partial charge in [-0.2, -0.15) is 0 Å². The van der Waals surface area contributed by atoms with Crippen molar-refractivity contribution in [3.8, 4) is 17.2 Å². The molecule has 0 aliphatic carbocycles. The van der Waals surface area contributed by atoms with E-state index in [1.165, 1.54) is 19.5 Å². The summed E-state index contributed by atoms with van der Waals surface area (Å²) in [6, 6.07) is 19.3. The number of pyridine rings is 1. The van der Waals surface area contributed by atoms with Crippen LogP contribution >= 0.6 is 23.2 Å². The third-order valence-corrected chi connectivity index (χ3v) is 6.55. The van der Waals surface area contributed by atoms with Gasteiger partial charge >= 0.3 is 5.97 Å². The van der Waals surface area contributed by atoms with Crippen molar-refractivity contribution < 1.29 is 24.1 Å². The van der Waals surface area contributed by atoms with Crippen LogP contribution in [0.15, 0.2) is 79.1 Å². The molecule has 0 aliphatic rings. The molecule has 196 valence electrons. The Morgan fingerprint density at radius 3 is 2.32 bits per heavy atom. The van der Waals surface area contributed by atoms with Gasteiger partial charge in [0, 0.05) is 37.1 Å². The maximum absolute atomic E-state index is 13.2. The van der Waals surface area contributed by atoms with Gasteiger partial charge in [-0.15, -0.1) is 0 Å². The summed E-state index contributed by atoms with van der Waals surface area (Å²) in [5, 5.41) is 13.6. The second-order valence-corrected chi connectivity index (χ2v) is 9.21. The van der Waals surface area contributed by atoms with Gasteiger partial charge in [-0.25, -0.2) is 4.79 Å². The molecule has 0 saturated carbocycles. The number of phenols is 1. The number of nitrogens with one attached hydrogen (secondary N) is 1. The number of anilines is 1. The predicted molar refractivity (Wildman–Crippen MR) is 148 cm³/mol. The molecule has 1 heterocycles. The fraction of sp³-hybridized carbons (Fsp3) is 0.172. The second kappa shape index (κ2) is 12.5. The van der Waals surface area contributed by atoms with Gasteiger partial charge in [0.2, 0.25) is 0 Å². The first-order chi connectivity index (χ1) is 18.4. The third kappa shape index (κ3) is 6.68. The van der Waals surface area contributed by atoms with Crippen LogP contribution in [0.25, 0.3) is 0 Å². The van der Waals surface area contributed by atoms with Crippen molar-refractivity contribution in [2.24, 2.45) is 0 Å². The van der Waals surface area contributed by atoms with Crippen LogP contribution in [0, 0.1) is 0 Å². The summed E-state index contributed by atoms with van der Waals surface area (Å²) in [4.78, 5) is 17.2. The number of hydrogen-bond donors (Lipinski definition) is 2. The minimum atomic E-state index is -0.716. The highest BCUT2D eigenvalue weighted by molar-refractivity contribution is 6.35. The molecule has 38 heavy (non-hydrogen) atoms. The van der Waals surface area contributed by atoms with E-state index in [9.17, 15) is 9.90 Å². The summed E-state index contributed by atoms with van der Waals surface area (Å²) < 4.78 is 16.8. The smallest absolute Gasteiger partial charge is 0.338 e. The second-order valence-electron chi connectivity index (χ2n) is 8.39. The van der Waals surface area contributed by atoms with Crippen molar-refractivity contribution >= 4 is 34.9 Å². The van der Waals surface area contributed by atoms with E-state index >= 15 is 0 Å². The molecule has 1 atom stereocenters. The third-order valence-electron chi connectivity index (χ3n) is 5.90. The van der Waals surface area contributed by atoms with E-state index in [2.05, 4.69) is 10.3 Å². The summed E-state index contributed by atoms with van der Waals surface area (Å²) in [5.41, 5.74) is 3.44. The number of rotatable bonds is 10. The Bertz CT molecular complexity index is 1390. The lowest BCUT2D eigenvalue weighted by Crippen LogP contribution is -2.15. The summed E-state index contributed by atoms with van der Waals surface area (Å²) >= 11 is 12.7. The van der Waals surface area contributed by atoms with Gasteiger partial charge in [0.05, 0.1) is 29.8 Å². The van der Waals surface area contributed by atoms with Crippen LogP contribution in [0.3, 0.4) is 0 Å². The Morgan fingerprint density at radius 2 is 1.66 bits per heavy atom. The highest BCUT2D eigenvalue weighted by atomic mass is 35.5. The van der Waals surface area contributed by atoms with Crippen LogP contribution < -0.4 is 14.8 Å². The first kappa shape index (κ1) is 27.1. The zero-order valence-electron chi connectivity index (χ0n) is 20.8. The van der Waals surface area contributed by atoms with E-state index in [4.69, 9.17) is 37.4 Å². The Labute approximate surface area is 230 Å². The van der Waals surface area contributed by atoms with Crippen molar-refractivity contribution in [3.63, 3.8) is 0 Å². The fourth-order valence-electron chi connectivity index (χ4n) is 3.88. The monoisotopic (exact) mass is 552 g/mol. The van der Waals surface area contributed by atoms with Crippen LogP contribution in [0.4, 0.5) is 5.69 Å². The van der Waals surface area contributed by atoms with E-state index in [0.29, 0.717) is 44.8 Å². The SMILES string of the molecule is COc1ccc([C@H](Cc2c(Cl)cncc2Cl)OC(=O)c2ccc(CNc3cccc(O)c3)cc2)cc1OC. The number of halogens is 2. The number of carbonyl (C=O) groups excluding carboxylic acids is 1. The van der Waals surface area contributed by atoms with E-state index in [-0.39, 0.29) is 12.2 Å². The van der Waals surface area contributed by atoms with Crippen LogP contribution in [0.2, 0.25) is 10.0 Å². The quantitative estimate of drug-likeness (QED) is 0.207. The summed E-state index contributed by atoms with van der Waals surface area (Å²) in [7, 11) is 3.09. The molecular formula is C29H26Cl2N2O5. The minimum absolute atomic E-state index is 0.187. The molecule has 0 saturated heterocycles. The van der Waals surface area contributed by atoms with Gasteiger partial charge < -0.3 is 24.6 Å². The molecular weight excluding hydrogens is 527 g/mol. The predicted octanol–water partition coefficient (Wildman–Crippen LogP) is 6.86. The van der Waals surface area contributed by atoms with Crippen LogP contribution in [0.5, 0.6) is 17.2 Å². The summed E-state index contributed by atoms with van der Waals surface area (Å²) in [6.07, 6.45) is 2.51. The first-order valence-electron chi connectivity index (χ1n) is 11.7. The number of ether oxygens (including phenoxy) is 3. The van der Waals surface area contributed by atoms with Gasteiger partial charge in [-0.3, -0.25) is 4.98 Å². The standard InChI is InChI=1S/C29H26Cl2N2O5/c1-36-26-11-10-20(12-28(26)37-2)27(14-23-24(30)16-32-17-25(23)31)38-29(35)19-8-6-18(7-9-19)15-33-21-4-3-5-22(34)13-21/h3-13,16-17,27,33-34H,14-15H2,1-2H3/t27-/m0/s1. The molecule has 1 aromatic heterocycles. The number of aromatic nitrogens is 1. The zero-order chi connectivity index (χ0) is 27.1. The molecule has 0 unspecified atom stereocenters. The number of esters is 1. The molecule has 4 rings (SSSR count). The maximum atomic E-state index is 13.2. The molecule has 0 spiro atoms. The molecule has 7 nitrogen and oxygen atoms in total. The number of methoxy groups -OCH3 is 2. The lowest BCUT2D eigenvalue weighted by atomic mass is 10.0. The van der Waals surface area contributed by atoms with Gasteiger partial charge in [-0.1, -0.05) is 47.5 Å². The number of phenolic OH excluding ortho intramolecular Hbond substituents is 1. The van der Waals surface area contributed by atoms with Crippen LogP contribution in [-0.2, 0) is 17.7 Å². The summed E-state index contributed by atoms with van der Waals surface area (Å²) in [6.45, 7) is 0.520. The average Bonchev–Trinajstić information content (AvgIpc) is 2.93. The van der Waals surface area contributed by atoms with Crippen molar-refractivity contribution in [2.75, 3.05) is 19.5 Å². The van der Waals surface area contributed by atoms with E-state index in [1.54, 1.807) is 55.6 Å². The Balaban J connectivity index is 1.54. The van der Waals surface area contributed by atoms with Gasteiger partial charge in [0.15, 0.2) is 11.5 Å². The summed E-state index contributed by atoms with van der Waals surface area (Å²) in [5.74, 6) is 0.739. The average molecular weight is 553 g/mol. The molecule has 2 N–H and O–H groups in total. The lowest BCUT2D eigenvalue weighted by molar-refractivity contribution is 0.0297. The number of carbonyl (C=O) groups is 1. The normalized spacial score (nSPS) is 11.5. The van der Waals surface area contributed by atoms with Gasteiger partial charge in [0.1, 0.15) is 11.9 Å². The number of aromatic hydroxyl groups is 1. The van der Waals surface area contributed by atoms with Crippen LogP contribution in [0.1, 0.15) is 33.2 Å². The minimum Gasteiger partial charge on any atom is -0.508 e. The molecule has 0 aliphatic heterocycles. The fourth-order valence-corrected chi connectivity index (χ4v) is 4.39. The lowest BCUT2D eigenvalue weighted by Gasteiger charge is -2.21. The van der Waals surface area contributed by atoms with E-state index in [1.807, 2.05) is 18.2 Å². The van der Waals surface area contributed by atoms with E-state index < -0.39 is 12.1 Å². The Hall–Kier alpha value is -3.94. The highest BCUT2D eigenvalue weighted by Crippen LogP contribution is 2.35. The first-order valence-corrected chi connectivity index (χ1v) is 12.5. The highest BCUT2D eigenvalue weighted by Gasteiger charge is 2.23. The van der Waals surface area contributed by atoms with Crippen molar-refractivity contribution in [3.05, 3.63) is 111 Å². The molecule has 3 aromatic carbocycles.